The molecule has 0 bridgehead atoms. The van der Waals surface area contributed by atoms with Crippen molar-refractivity contribution in [2.45, 2.75) is 6.23 Å². The Balaban J connectivity index is 2.58. The number of rotatable bonds is 3. The lowest BCUT2D eigenvalue weighted by atomic mass is 10.3. The van der Waals surface area contributed by atoms with Crippen LogP contribution < -0.4 is 16.2 Å². The van der Waals surface area contributed by atoms with Crippen molar-refractivity contribution in [3.05, 3.63) is 30.3 Å². The first-order valence-electron chi connectivity index (χ1n) is 3.47. The van der Waals surface area contributed by atoms with E-state index in [0.29, 0.717) is 5.75 Å². The van der Waals surface area contributed by atoms with Gasteiger partial charge in [0.05, 0.1) is 0 Å². The number of hydrogen-bond donors (Lipinski definition) is 2. The van der Waals surface area contributed by atoms with Crippen molar-refractivity contribution in [3.63, 3.8) is 0 Å². The van der Waals surface area contributed by atoms with Crippen LogP contribution in [0.25, 0.3) is 0 Å². The summed E-state index contributed by atoms with van der Waals surface area (Å²) in [4.78, 5) is 10.5. The maximum Gasteiger partial charge on any atom is 0.273 e. The first kappa shape index (κ1) is 8.55. The summed E-state index contributed by atoms with van der Waals surface area (Å²) in [6.07, 6.45) is -1.08. The van der Waals surface area contributed by atoms with Crippen molar-refractivity contribution in [3.8, 4) is 5.75 Å². The van der Waals surface area contributed by atoms with Gasteiger partial charge in [0.15, 0.2) is 0 Å². The molecule has 12 heavy (non-hydrogen) atoms. The van der Waals surface area contributed by atoms with Crippen LogP contribution in [0.5, 0.6) is 5.75 Å². The van der Waals surface area contributed by atoms with Gasteiger partial charge in [-0.15, -0.1) is 0 Å². The Bertz CT molecular complexity index is 261. The summed E-state index contributed by atoms with van der Waals surface area (Å²) in [7, 11) is 0. The first-order valence-corrected chi connectivity index (χ1v) is 3.47. The molecule has 1 unspecified atom stereocenters. The second-order valence-electron chi connectivity index (χ2n) is 2.25. The molecular formula is C8H10N2O2. The molecule has 64 valence electrons. The Morgan fingerprint density at radius 1 is 1.33 bits per heavy atom. The second kappa shape index (κ2) is 3.73. The molecule has 4 heteroatoms. The van der Waals surface area contributed by atoms with Crippen molar-refractivity contribution in [1.82, 2.24) is 0 Å². The van der Waals surface area contributed by atoms with Gasteiger partial charge in [0.25, 0.3) is 5.91 Å². The lowest BCUT2D eigenvalue weighted by Crippen LogP contribution is -2.41. The number of para-hydroxylation sites is 1. The van der Waals surface area contributed by atoms with Gasteiger partial charge in [-0.05, 0) is 12.1 Å². The topological polar surface area (TPSA) is 78.3 Å². The minimum Gasteiger partial charge on any atom is -0.466 e. The summed E-state index contributed by atoms with van der Waals surface area (Å²) in [6, 6.07) is 8.79. The van der Waals surface area contributed by atoms with Gasteiger partial charge in [-0.1, -0.05) is 18.2 Å². The standard InChI is InChI=1S/C8H10N2O2/c9-7(11)8(10)12-6-4-2-1-3-5-6/h1-5,8H,10H2,(H2,9,11). The number of nitrogens with two attached hydrogens (primary N) is 2. The molecule has 0 saturated heterocycles. The Kier molecular flexibility index (Phi) is 2.66. The molecule has 0 saturated carbocycles. The Morgan fingerprint density at radius 2 is 1.92 bits per heavy atom. The molecule has 1 rings (SSSR count). The van der Waals surface area contributed by atoms with Crippen LogP contribution in [0.4, 0.5) is 0 Å². The van der Waals surface area contributed by atoms with E-state index < -0.39 is 12.1 Å². The summed E-state index contributed by atoms with van der Waals surface area (Å²) in [5.74, 6) is -0.150. The molecule has 0 fully saturated rings. The van der Waals surface area contributed by atoms with Crippen LogP contribution >= 0.6 is 0 Å². The van der Waals surface area contributed by atoms with Crippen LogP contribution in [0.15, 0.2) is 30.3 Å². The number of hydrogen-bond acceptors (Lipinski definition) is 3. The van der Waals surface area contributed by atoms with Crippen LogP contribution in [-0.4, -0.2) is 12.1 Å². The van der Waals surface area contributed by atoms with Gasteiger partial charge < -0.3 is 10.5 Å². The molecule has 4 nitrogen and oxygen atoms in total. The zero-order chi connectivity index (χ0) is 8.97. The molecule has 0 heterocycles. The lowest BCUT2D eigenvalue weighted by Gasteiger charge is -2.09. The molecule has 1 aromatic carbocycles. The first-order chi connectivity index (χ1) is 5.70. The van der Waals surface area contributed by atoms with Gasteiger partial charge in [0.2, 0.25) is 6.23 Å². The van der Waals surface area contributed by atoms with Crippen LogP contribution in [0.1, 0.15) is 0 Å². The van der Waals surface area contributed by atoms with Crippen LogP contribution in [-0.2, 0) is 4.79 Å². The van der Waals surface area contributed by atoms with Gasteiger partial charge in [0, 0.05) is 0 Å². The highest BCUT2D eigenvalue weighted by Gasteiger charge is 2.09. The minimum absolute atomic E-state index is 0.531. The maximum absolute atomic E-state index is 10.5. The van der Waals surface area contributed by atoms with Gasteiger partial charge in [0.1, 0.15) is 5.75 Å². The fourth-order valence-electron chi connectivity index (χ4n) is 0.704. The normalized spacial score (nSPS) is 12.1. The van der Waals surface area contributed by atoms with E-state index in [1.165, 1.54) is 0 Å². The molecule has 1 aromatic rings. The molecule has 4 N–H and O–H groups in total. The van der Waals surface area contributed by atoms with Gasteiger partial charge in [-0.25, -0.2) is 0 Å². The summed E-state index contributed by atoms with van der Waals surface area (Å²) >= 11 is 0. The van der Waals surface area contributed by atoms with E-state index in [0.717, 1.165) is 0 Å². The van der Waals surface area contributed by atoms with Crippen molar-refractivity contribution in [2.24, 2.45) is 11.5 Å². The minimum atomic E-state index is -1.08. The van der Waals surface area contributed by atoms with E-state index in [-0.39, 0.29) is 0 Å². The highest BCUT2D eigenvalue weighted by atomic mass is 16.5. The monoisotopic (exact) mass is 166 g/mol. The molecule has 0 spiro atoms. The van der Waals surface area contributed by atoms with E-state index in [2.05, 4.69) is 0 Å². The third kappa shape index (κ3) is 2.25. The predicted octanol–water partition coefficient (Wildman–Crippen LogP) is -0.164. The molecule has 1 amide bonds. The Morgan fingerprint density at radius 3 is 2.42 bits per heavy atom. The summed E-state index contributed by atoms with van der Waals surface area (Å²) < 4.78 is 4.98. The fourth-order valence-corrected chi connectivity index (χ4v) is 0.704. The highest BCUT2D eigenvalue weighted by Crippen LogP contribution is 2.08. The second-order valence-corrected chi connectivity index (χ2v) is 2.25. The van der Waals surface area contributed by atoms with E-state index in [9.17, 15) is 4.79 Å². The summed E-state index contributed by atoms with van der Waals surface area (Å²) in [5.41, 5.74) is 10.1. The number of amides is 1. The molecule has 1 atom stereocenters. The zero-order valence-corrected chi connectivity index (χ0v) is 6.44. The fraction of sp³-hybridized carbons (Fsp3) is 0.125. The van der Waals surface area contributed by atoms with Crippen molar-refractivity contribution in [1.29, 1.82) is 0 Å². The number of carbonyl (C=O) groups is 1. The van der Waals surface area contributed by atoms with E-state index >= 15 is 0 Å². The van der Waals surface area contributed by atoms with E-state index in [1.807, 2.05) is 6.07 Å². The average molecular weight is 166 g/mol. The van der Waals surface area contributed by atoms with E-state index in [1.54, 1.807) is 24.3 Å². The third-order valence-electron chi connectivity index (χ3n) is 1.29. The largest absolute Gasteiger partial charge is 0.466 e. The number of primary amides is 1. The molecule has 0 aliphatic rings. The average Bonchev–Trinajstić information content (AvgIpc) is 2.06. The number of ether oxygens (including phenoxy) is 1. The van der Waals surface area contributed by atoms with Crippen LogP contribution in [0, 0.1) is 0 Å². The Hall–Kier alpha value is -1.55. The van der Waals surface area contributed by atoms with Crippen molar-refractivity contribution >= 4 is 5.91 Å². The quantitative estimate of drug-likeness (QED) is 0.612. The Labute approximate surface area is 70.1 Å². The van der Waals surface area contributed by atoms with Crippen molar-refractivity contribution < 1.29 is 9.53 Å². The van der Waals surface area contributed by atoms with Gasteiger partial charge in [-0.3, -0.25) is 10.5 Å². The van der Waals surface area contributed by atoms with Crippen LogP contribution in [0.2, 0.25) is 0 Å². The molecule has 0 aliphatic carbocycles. The maximum atomic E-state index is 10.5. The van der Waals surface area contributed by atoms with Crippen LogP contribution in [0.3, 0.4) is 0 Å². The van der Waals surface area contributed by atoms with Crippen molar-refractivity contribution in [2.75, 3.05) is 0 Å². The van der Waals surface area contributed by atoms with Gasteiger partial charge >= 0.3 is 0 Å². The molecule has 0 aromatic heterocycles. The van der Waals surface area contributed by atoms with E-state index in [4.69, 9.17) is 16.2 Å². The molecule has 0 radical (unpaired) electrons. The number of carbonyl (C=O) groups excluding carboxylic acids is 1. The summed E-state index contributed by atoms with van der Waals surface area (Å²) in [6.45, 7) is 0. The third-order valence-corrected chi connectivity index (χ3v) is 1.29. The molecular weight excluding hydrogens is 156 g/mol. The molecule has 0 aliphatic heterocycles. The number of benzene rings is 1. The predicted molar refractivity (Wildman–Crippen MR) is 44.2 cm³/mol. The zero-order valence-electron chi connectivity index (χ0n) is 6.44. The summed E-state index contributed by atoms with van der Waals surface area (Å²) in [5, 5.41) is 0. The lowest BCUT2D eigenvalue weighted by molar-refractivity contribution is -0.124. The smallest absolute Gasteiger partial charge is 0.273 e. The highest BCUT2D eigenvalue weighted by molar-refractivity contribution is 5.78. The SMILES string of the molecule is NC(=O)C(N)Oc1ccccc1. The van der Waals surface area contributed by atoms with Gasteiger partial charge in [-0.2, -0.15) is 0 Å².